The molecule has 4 aliphatic rings. The van der Waals surface area contributed by atoms with Gasteiger partial charge in [-0.2, -0.15) is 5.26 Å². The summed E-state index contributed by atoms with van der Waals surface area (Å²) in [6.07, 6.45) is 3.25. The zero-order chi connectivity index (χ0) is 25.0. The lowest BCUT2D eigenvalue weighted by molar-refractivity contribution is 0.0115. The molecule has 6 nitrogen and oxygen atoms in total. The second-order valence-electron chi connectivity index (χ2n) is 11.3. The van der Waals surface area contributed by atoms with Crippen molar-refractivity contribution in [1.29, 1.82) is 5.26 Å². The highest BCUT2D eigenvalue weighted by molar-refractivity contribution is 6.07. The van der Waals surface area contributed by atoms with Crippen molar-refractivity contribution in [2.75, 3.05) is 49.6 Å². The summed E-state index contributed by atoms with van der Waals surface area (Å²) in [5, 5.41) is 13.0. The largest absolute Gasteiger partial charge is 0.380 e. The van der Waals surface area contributed by atoms with E-state index < -0.39 is 0 Å². The molecule has 3 aliphatic heterocycles. The van der Waals surface area contributed by atoms with E-state index >= 15 is 0 Å². The maximum atomic E-state index is 13.9. The molecule has 2 atom stereocenters. The van der Waals surface area contributed by atoms with Gasteiger partial charge in [-0.25, -0.2) is 0 Å². The van der Waals surface area contributed by atoms with Crippen molar-refractivity contribution in [2.45, 2.75) is 63.5 Å². The fourth-order valence-electron chi connectivity index (χ4n) is 7.04. The first kappa shape index (κ1) is 23.5. The Morgan fingerprint density at radius 2 is 1.86 bits per heavy atom. The Bertz CT molecular complexity index is 1230. The van der Waals surface area contributed by atoms with E-state index in [2.05, 4.69) is 54.1 Å². The maximum Gasteiger partial charge on any atom is 0.172 e. The van der Waals surface area contributed by atoms with Gasteiger partial charge >= 0.3 is 0 Å². The van der Waals surface area contributed by atoms with E-state index in [1.807, 2.05) is 18.2 Å². The number of morpholine rings is 1. The molecule has 6 rings (SSSR count). The van der Waals surface area contributed by atoms with Crippen LogP contribution in [-0.2, 0) is 16.6 Å². The number of nitrogens with one attached hydrogen (secondary N) is 1. The average Bonchev–Trinajstić information content (AvgIpc) is 3.32. The second-order valence-corrected chi connectivity index (χ2v) is 11.3. The molecule has 1 aliphatic carbocycles. The first-order chi connectivity index (χ1) is 17.4. The van der Waals surface area contributed by atoms with Crippen LogP contribution in [0, 0.1) is 11.3 Å². The van der Waals surface area contributed by atoms with Crippen LogP contribution in [0.15, 0.2) is 30.3 Å². The molecule has 6 heteroatoms. The number of hydrogen-bond donors (Lipinski definition) is 1. The molecule has 2 fully saturated rings. The first-order valence-electron chi connectivity index (χ1n) is 13.5. The number of rotatable bonds is 3. The number of ether oxygens (including phenoxy) is 1. The van der Waals surface area contributed by atoms with Crippen LogP contribution in [0.25, 0.3) is 0 Å². The van der Waals surface area contributed by atoms with Crippen LogP contribution in [-0.4, -0.2) is 62.2 Å². The summed E-state index contributed by atoms with van der Waals surface area (Å²) < 4.78 is 5.56. The third kappa shape index (κ3) is 3.64. The fourth-order valence-corrected chi connectivity index (χ4v) is 7.04. The number of ketones is 1. The van der Waals surface area contributed by atoms with Gasteiger partial charge < -0.3 is 15.0 Å². The van der Waals surface area contributed by atoms with Crippen molar-refractivity contribution in [1.82, 2.24) is 4.90 Å². The van der Waals surface area contributed by atoms with Crippen LogP contribution in [0.5, 0.6) is 0 Å². The normalized spacial score (nSPS) is 25.5. The molecule has 0 bridgehead atoms. The molecule has 0 aromatic heterocycles. The van der Waals surface area contributed by atoms with Crippen LogP contribution in [0.3, 0.4) is 0 Å². The Morgan fingerprint density at radius 1 is 1.11 bits per heavy atom. The maximum absolute atomic E-state index is 13.9. The molecule has 188 valence electrons. The molecule has 0 spiro atoms. The number of nitrogens with zero attached hydrogens (tertiary/aromatic N) is 3. The van der Waals surface area contributed by atoms with Crippen molar-refractivity contribution < 1.29 is 9.53 Å². The third-order valence-electron chi connectivity index (χ3n) is 9.15. The second kappa shape index (κ2) is 8.90. The smallest absolute Gasteiger partial charge is 0.172 e. The molecule has 0 amide bonds. The number of anilines is 2. The van der Waals surface area contributed by atoms with Crippen LogP contribution in [0.4, 0.5) is 11.4 Å². The Kier molecular flexibility index (Phi) is 5.81. The van der Waals surface area contributed by atoms with Gasteiger partial charge in [-0.05, 0) is 60.2 Å². The van der Waals surface area contributed by atoms with Crippen LogP contribution < -0.4 is 10.2 Å². The number of nitriles is 1. The molecule has 1 N–H and O–H groups in total. The van der Waals surface area contributed by atoms with E-state index in [1.165, 1.54) is 24.1 Å². The molecule has 2 saturated heterocycles. The van der Waals surface area contributed by atoms with Crippen molar-refractivity contribution >= 4 is 17.2 Å². The number of carbonyl (C=O) groups excluding carboxylic acids is 1. The zero-order valence-electron chi connectivity index (χ0n) is 21.6. The van der Waals surface area contributed by atoms with E-state index in [1.54, 1.807) is 0 Å². The lowest BCUT2D eigenvalue weighted by Gasteiger charge is -2.44. The third-order valence-corrected chi connectivity index (χ3v) is 9.15. The minimum Gasteiger partial charge on any atom is -0.380 e. The van der Waals surface area contributed by atoms with Gasteiger partial charge in [0.05, 0.1) is 30.8 Å². The molecule has 2 unspecified atom stereocenters. The monoisotopic (exact) mass is 484 g/mol. The standard InChI is InChI=1S/C30H36N4O2/c1-4-20-16-23-24(17-26(20)34-9-7-21(8-10-34)33-11-13-36-14-12-33)30(2,3)29-27(28(23)35)22-6-5-19(18-31)15-25(22)32-29/h5-6,15-17,21,27,29,32H,4,7-14H2,1-3H3. The minimum atomic E-state index is -0.229. The summed E-state index contributed by atoms with van der Waals surface area (Å²) in [4.78, 5) is 19.1. The van der Waals surface area contributed by atoms with Gasteiger partial charge in [0.25, 0.3) is 0 Å². The molecule has 3 heterocycles. The molecule has 2 aromatic rings. The van der Waals surface area contributed by atoms with Gasteiger partial charge in [-0.1, -0.05) is 26.8 Å². The van der Waals surface area contributed by atoms with Crippen LogP contribution >= 0.6 is 0 Å². The quantitative estimate of drug-likeness (QED) is 0.693. The lowest BCUT2D eigenvalue weighted by Crippen LogP contribution is -2.50. The predicted molar refractivity (Wildman–Crippen MR) is 142 cm³/mol. The molecular weight excluding hydrogens is 448 g/mol. The van der Waals surface area contributed by atoms with Crippen molar-refractivity contribution in [3.05, 3.63) is 58.1 Å². The highest BCUT2D eigenvalue weighted by Gasteiger charge is 2.51. The van der Waals surface area contributed by atoms with Crippen molar-refractivity contribution in [3.63, 3.8) is 0 Å². The summed E-state index contributed by atoms with van der Waals surface area (Å²) in [5.74, 6) is -0.00683. The first-order valence-corrected chi connectivity index (χ1v) is 13.5. The number of fused-ring (bicyclic) bond motifs is 4. The van der Waals surface area contributed by atoms with Crippen LogP contribution in [0.1, 0.15) is 72.1 Å². The Hall–Kier alpha value is -2.88. The number of carbonyl (C=O) groups is 1. The van der Waals surface area contributed by atoms with E-state index in [4.69, 9.17) is 4.74 Å². The van der Waals surface area contributed by atoms with Gasteiger partial charge in [-0.15, -0.1) is 0 Å². The van der Waals surface area contributed by atoms with Crippen molar-refractivity contribution in [3.8, 4) is 6.07 Å². The Labute approximate surface area is 214 Å². The predicted octanol–water partition coefficient (Wildman–Crippen LogP) is 4.47. The van der Waals surface area contributed by atoms with Crippen molar-refractivity contribution in [2.24, 2.45) is 0 Å². The summed E-state index contributed by atoms with van der Waals surface area (Å²) in [7, 11) is 0. The topological polar surface area (TPSA) is 68.6 Å². The summed E-state index contributed by atoms with van der Waals surface area (Å²) in [6, 6.07) is 13.1. The molecule has 36 heavy (non-hydrogen) atoms. The molecular formula is C30H36N4O2. The fraction of sp³-hybridized carbons (Fsp3) is 0.533. The highest BCUT2D eigenvalue weighted by atomic mass is 16.5. The van der Waals surface area contributed by atoms with Gasteiger partial charge in [-0.3, -0.25) is 9.69 Å². The van der Waals surface area contributed by atoms with Gasteiger partial charge in [0.15, 0.2) is 5.78 Å². The summed E-state index contributed by atoms with van der Waals surface area (Å²) >= 11 is 0. The number of benzene rings is 2. The van der Waals surface area contributed by atoms with Gasteiger partial charge in [0.1, 0.15) is 0 Å². The zero-order valence-corrected chi connectivity index (χ0v) is 21.6. The van der Waals surface area contributed by atoms with Gasteiger partial charge in [0.2, 0.25) is 0 Å². The van der Waals surface area contributed by atoms with E-state index in [0.29, 0.717) is 11.6 Å². The van der Waals surface area contributed by atoms with E-state index in [0.717, 1.165) is 68.2 Å². The summed E-state index contributed by atoms with van der Waals surface area (Å²) in [6.45, 7) is 12.6. The summed E-state index contributed by atoms with van der Waals surface area (Å²) in [5.41, 5.74) is 6.95. The SMILES string of the molecule is CCc1cc2c(cc1N1CCC(N3CCOCC3)CC1)C(C)(C)C1Nc3cc(C#N)ccc3C1C2=O. The highest BCUT2D eigenvalue weighted by Crippen LogP contribution is 2.52. The van der Waals surface area contributed by atoms with Gasteiger partial charge in [0, 0.05) is 60.6 Å². The van der Waals surface area contributed by atoms with E-state index in [9.17, 15) is 10.1 Å². The Morgan fingerprint density at radius 3 is 2.56 bits per heavy atom. The number of piperidine rings is 1. The molecule has 0 saturated carbocycles. The molecule has 2 aromatic carbocycles. The molecule has 0 radical (unpaired) electrons. The van der Waals surface area contributed by atoms with Crippen LogP contribution in [0.2, 0.25) is 0 Å². The minimum absolute atomic E-state index is 0.0196. The Balaban J connectivity index is 1.32. The average molecular weight is 485 g/mol. The number of Topliss-reactive ketones (excluding diaryl/α,β-unsaturated/α-hetero) is 1. The van der Waals surface area contributed by atoms with E-state index in [-0.39, 0.29) is 23.2 Å². The number of hydrogen-bond acceptors (Lipinski definition) is 6. The lowest BCUT2D eigenvalue weighted by atomic mass is 9.63. The number of aryl methyl sites for hydroxylation is 1.